The minimum absolute atomic E-state index is 0.302. The van der Waals surface area contributed by atoms with E-state index in [2.05, 4.69) is 10.3 Å². The van der Waals surface area contributed by atoms with Gasteiger partial charge in [-0.1, -0.05) is 23.2 Å². The third-order valence-corrected chi connectivity index (χ3v) is 3.60. The second-order valence-electron chi connectivity index (χ2n) is 4.31. The van der Waals surface area contributed by atoms with E-state index < -0.39 is 5.76 Å². The van der Waals surface area contributed by atoms with E-state index in [-0.39, 0.29) is 5.91 Å². The molecule has 0 unspecified atom stereocenters. The van der Waals surface area contributed by atoms with Gasteiger partial charge in [0.25, 0.3) is 5.91 Å². The van der Waals surface area contributed by atoms with Crippen LogP contribution in [0.2, 0.25) is 10.0 Å². The van der Waals surface area contributed by atoms with Crippen LogP contribution in [0, 0.1) is 0 Å². The third kappa shape index (κ3) is 2.79. The van der Waals surface area contributed by atoms with E-state index in [4.69, 9.17) is 27.6 Å². The fraction of sp³-hybridized carbons (Fsp3) is 0. The predicted octanol–water partition coefficient (Wildman–Crippen LogP) is 3.68. The maximum atomic E-state index is 12.1. The Hall–Kier alpha value is -2.24. The van der Waals surface area contributed by atoms with Crippen molar-refractivity contribution in [2.75, 3.05) is 5.32 Å². The maximum Gasteiger partial charge on any atom is 0.417 e. The van der Waals surface area contributed by atoms with Crippen molar-refractivity contribution in [3.63, 3.8) is 0 Å². The number of amides is 1. The van der Waals surface area contributed by atoms with E-state index in [9.17, 15) is 9.59 Å². The van der Waals surface area contributed by atoms with Gasteiger partial charge in [-0.15, -0.1) is 0 Å². The number of aromatic amines is 1. The molecule has 2 N–H and O–H groups in total. The first kappa shape index (κ1) is 13.7. The van der Waals surface area contributed by atoms with Crippen LogP contribution in [0.25, 0.3) is 11.1 Å². The van der Waals surface area contributed by atoms with Crippen molar-refractivity contribution in [3.05, 3.63) is 62.6 Å². The van der Waals surface area contributed by atoms with E-state index in [1.807, 2.05) is 0 Å². The highest BCUT2D eigenvalue weighted by Crippen LogP contribution is 2.23. The van der Waals surface area contributed by atoms with Gasteiger partial charge in [0.15, 0.2) is 5.58 Å². The molecule has 0 radical (unpaired) electrons. The average Bonchev–Trinajstić information content (AvgIpc) is 2.81. The normalized spacial score (nSPS) is 10.8. The van der Waals surface area contributed by atoms with Gasteiger partial charge in [0.05, 0.1) is 15.6 Å². The number of hydrogen-bond donors (Lipinski definition) is 2. The Balaban J connectivity index is 1.88. The lowest BCUT2D eigenvalue weighted by molar-refractivity contribution is 0.102. The molecule has 0 aliphatic heterocycles. The van der Waals surface area contributed by atoms with Crippen LogP contribution < -0.4 is 11.1 Å². The van der Waals surface area contributed by atoms with Crippen LogP contribution in [-0.2, 0) is 0 Å². The molecule has 1 aromatic heterocycles. The molecule has 3 rings (SSSR count). The molecule has 3 aromatic rings. The number of oxazole rings is 1. The molecule has 106 valence electrons. The monoisotopic (exact) mass is 322 g/mol. The first-order chi connectivity index (χ1) is 10.0. The summed E-state index contributed by atoms with van der Waals surface area (Å²) in [6, 6.07) is 9.45. The number of carbonyl (C=O) groups excluding carboxylic acids is 1. The van der Waals surface area contributed by atoms with Crippen molar-refractivity contribution in [2.24, 2.45) is 0 Å². The molecule has 0 aliphatic rings. The molecule has 0 bridgehead atoms. The summed E-state index contributed by atoms with van der Waals surface area (Å²) in [6.45, 7) is 0. The number of nitrogens with one attached hydrogen (secondary N) is 2. The molecule has 0 spiro atoms. The molecule has 21 heavy (non-hydrogen) atoms. The second kappa shape index (κ2) is 5.27. The van der Waals surface area contributed by atoms with Gasteiger partial charge >= 0.3 is 5.76 Å². The topological polar surface area (TPSA) is 75.1 Å². The Kier molecular flexibility index (Phi) is 3.45. The Morgan fingerprint density at radius 3 is 2.67 bits per heavy atom. The van der Waals surface area contributed by atoms with Crippen molar-refractivity contribution >= 4 is 45.9 Å². The lowest BCUT2D eigenvalue weighted by Crippen LogP contribution is -2.11. The Morgan fingerprint density at radius 2 is 1.90 bits per heavy atom. The summed E-state index contributed by atoms with van der Waals surface area (Å²) in [5.41, 5.74) is 1.81. The third-order valence-electron chi connectivity index (χ3n) is 2.86. The fourth-order valence-corrected chi connectivity index (χ4v) is 2.16. The lowest BCUT2D eigenvalue weighted by atomic mass is 10.2. The van der Waals surface area contributed by atoms with Gasteiger partial charge in [-0.2, -0.15) is 0 Å². The number of halogens is 2. The van der Waals surface area contributed by atoms with E-state index in [1.54, 1.807) is 30.3 Å². The molecule has 0 aliphatic carbocycles. The van der Waals surface area contributed by atoms with Crippen LogP contribution in [0.5, 0.6) is 0 Å². The molecule has 5 nitrogen and oxygen atoms in total. The fourth-order valence-electron chi connectivity index (χ4n) is 1.86. The summed E-state index contributed by atoms with van der Waals surface area (Å²) in [5, 5.41) is 3.37. The zero-order chi connectivity index (χ0) is 15.0. The number of H-pyrrole nitrogens is 1. The van der Waals surface area contributed by atoms with Crippen LogP contribution in [0.1, 0.15) is 10.4 Å². The van der Waals surface area contributed by atoms with Crippen molar-refractivity contribution < 1.29 is 9.21 Å². The summed E-state index contributed by atoms with van der Waals surface area (Å²) in [4.78, 5) is 25.7. The number of rotatable bonds is 2. The Morgan fingerprint density at radius 1 is 1.10 bits per heavy atom. The predicted molar refractivity (Wildman–Crippen MR) is 81.2 cm³/mol. The van der Waals surface area contributed by atoms with Gasteiger partial charge in [-0.3, -0.25) is 9.78 Å². The highest BCUT2D eigenvalue weighted by atomic mass is 35.5. The molecule has 0 atom stereocenters. The van der Waals surface area contributed by atoms with Gasteiger partial charge in [0.2, 0.25) is 0 Å². The first-order valence-electron chi connectivity index (χ1n) is 5.92. The van der Waals surface area contributed by atoms with Crippen LogP contribution in [0.4, 0.5) is 5.69 Å². The SMILES string of the molecule is O=C(Nc1ccc2[nH]c(=O)oc2c1)c1ccc(Cl)c(Cl)c1. The Bertz CT molecular complexity index is 899. The number of fused-ring (bicyclic) bond motifs is 1. The van der Waals surface area contributed by atoms with Crippen LogP contribution in [-0.4, -0.2) is 10.9 Å². The molecule has 1 heterocycles. The minimum atomic E-state index is -0.544. The molecular weight excluding hydrogens is 315 g/mol. The number of anilines is 1. The van der Waals surface area contributed by atoms with Gasteiger partial charge in [-0.05, 0) is 30.3 Å². The largest absolute Gasteiger partial charge is 0.417 e. The van der Waals surface area contributed by atoms with Gasteiger partial charge in [0.1, 0.15) is 0 Å². The van der Waals surface area contributed by atoms with Crippen LogP contribution in [0.15, 0.2) is 45.6 Å². The summed E-state index contributed by atoms with van der Waals surface area (Å²) in [6.07, 6.45) is 0. The highest BCUT2D eigenvalue weighted by Gasteiger charge is 2.09. The number of benzene rings is 2. The summed E-state index contributed by atoms with van der Waals surface area (Å²) in [7, 11) is 0. The summed E-state index contributed by atoms with van der Waals surface area (Å²) >= 11 is 11.7. The molecule has 0 saturated heterocycles. The van der Waals surface area contributed by atoms with Crippen molar-refractivity contribution in [1.82, 2.24) is 4.98 Å². The lowest BCUT2D eigenvalue weighted by Gasteiger charge is -2.06. The van der Waals surface area contributed by atoms with Gasteiger partial charge in [-0.25, -0.2) is 4.79 Å². The molecule has 0 fully saturated rings. The molecule has 1 amide bonds. The average molecular weight is 323 g/mol. The summed E-state index contributed by atoms with van der Waals surface area (Å²) < 4.78 is 4.93. The van der Waals surface area contributed by atoms with E-state index >= 15 is 0 Å². The van der Waals surface area contributed by atoms with E-state index in [1.165, 1.54) is 6.07 Å². The molecule has 7 heteroatoms. The van der Waals surface area contributed by atoms with E-state index in [0.717, 1.165) is 0 Å². The van der Waals surface area contributed by atoms with Crippen LogP contribution >= 0.6 is 23.2 Å². The number of carbonyl (C=O) groups is 1. The van der Waals surface area contributed by atoms with E-state index in [0.29, 0.717) is 32.4 Å². The molecule has 2 aromatic carbocycles. The first-order valence-corrected chi connectivity index (χ1v) is 6.68. The van der Waals surface area contributed by atoms with Crippen molar-refractivity contribution in [2.45, 2.75) is 0 Å². The van der Waals surface area contributed by atoms with Crippen LogP contribution in [0.3, 0.4) is 0 Å². The summed E-state index contributed by atoms with van der Waals surface area (Å²) in [5.74, 6) is -0.885. The number of aromatic nitrogens is 1. The Labute approximate surface area is 128 Å². The minimum Gasteiger partial charge on any atom is -0.408 e. The van der Waals surface area contributed by atoms with Crippen molar-refractivity contribution in [1.29, 1.82) is 0 Å². The van der Waals surface area contributed by atoms with Crippen molar-refractivity contribution in [3.8, 4) is 0 Å². The molecule has 0 saturated carbocycles. The van der Waals surface area contributed by atoms with Gasteiger partial charge in [0, 0.05) is 17.3 Å². The quantitative estimate of drug-likeness (QED) is 0.755. The zero-order valence-electron chi connectivity index (χ0n) is 10.4. The number of hydrogen-bond acceptors (Lipinski definition) is 3. The maximum absolute atomic E-state index is 12.1. The standard InChI is InChI=1S/C14H8Cl2N2O3/c15-9-3-1-7(5-10(9)16)13(19)17-8-2-4-11-12(6-8)21-14(20)18-11/h1-6H,(H,17,19)(H,18,20). The zero-order valence-corrected chi connectivity index (χ0v) is 12.0. The highest BCUT2D eigenvalue weighted by molar-refractivity contribution is 6.42. The second-order valence-corrected chi connectivity index (χ2v) is 5.12. The van der Waals surface area contributed by atoms with Gasteiger partial charge < -0.3 is 9.73 Å². The smallest absolute Gasteiger partial charge is 0.408 e. The molecular formula is C14H8Cl2N2O3.